The quantitative estimate of drug-likeness (QED) is 0.730. The Bertz CT molecular complexity index is 367. The lowest BCUT2D eigenvalue weighted by Gasteiger charge is -2.36. The first kappa shape index (κ1) is 15.2. The van der Waals surface area contributed by atoms with E-state index in [2.05, 4.69) is 32.0 Å². The maximum Gasteiger partial charge on any atom is 0.225 e. The second-order valence-electron chi connectivity index (χ2n) is 5.17. The largest absolute Gasteiger partial charge is 0.395 e. The number of aliphatic hydroxyl groups is 1. The summed E-state index contributed by atoms with van der Waals surface area (Å²) in [5, 5.41) is 12.8. The monoisotopic (exact) mass is 279 g/mol. The van der Waals surface area contributed by atoms with Crippen molar-refractivity contribution in [1.82, 2.24) is 20.2 Å². The fourth-order valence-electron chi connectivity index (χ4n) is 2.43. The Morgan fingerprint density at radius 1 is 1.25 bits per heavy atom. The molecular weight excluding hydrogens is 254 g/mol. The Balaban J connectivity index is 1.76. The molecule has 20 heavy (non-hydrogen) atoms. The van der Waals surface area contributed by atoms with Gasteiger partial charge >= 0.3 is 0 Å². The molecule has 1 unspecified atom stereocenters. The third-order valence-corrected chi connectivity index (χ3v) is 3.59. The Hall–Kier alpha value is -1.24. The summed E-state index contributed by atoms with van der Waals surface area (Å²) in [6, 6.07) is 2.01. The topological polar surface area (TPSA) is 64.5 Å². The molecule has 1 saturated heterocycles. The second kappa shape index (κ2) is 8.14. The molecule has 0 saturated carbocycles. The van der Waals surface area contributed by atoms with Crippen LogP contribution in [0.15, 0.2) is 18.5 Å². The summed E-state index contributed by atoms with van der Waals surface area (Å²) in [6.07, 6.45) is 4.66. The van der Waals surface area contributed by atoms with E-state index >= 15 is 0 Å². The van der Waals surface area contributed by atoms with E-state index in [9.17, 15) is 5.11 Å². The summed E-state index contributed by atoms with van der Waals surface area (Å²) in [5.74, 6) is 0.815. The smallest absolute Gasteiger partial charge is 0.225 e. The highest BCUT2D eigenvalue weighted by Gasteiger charge is 2.20. The van der Waals surface area contributed by atoms with Crippen LogP contribution in [0.3, 0.4) is 0 Å². The van der Waals surface area contributed by atoms with Crippen molar-refractivity contribution in [1.29, 1.82) is 0 Å². The Labute approximate surface area is 120 Å². The molecular formula is C14H25N5O. The zero-order valence-corrected chi connectivity index (χ0v) is 12.2. The van der Waals surface area contributed by atoms with Crippen LogP contribution in [-0.2, 0) is 0 Å². The molecule has 1 aliphatic heterocycles. The highest BCUT2D eigenvalue weighted by molar-refractivity contribution is 5.29. The highest BCUT2D eigenvalue weighted by atomic mass is 16.3. The first-order chi connectivity index (χ1) is 9.83. The van der Waals surface area contributed by atoms with Crippen molar-refractivity contribution in [3.63, 3.8) is 0 Å². The molecule has 2 heterocycles. The van der Waals surface area contributed by atoms with Gasteiger partial charge in [-0.25, -0.2) is 9.97 Å². The molecule has 1 aromatic rings. The zero-order valence-electron chi connectivity index (χ0n) is 12.2. The number of nitrogens with zero attached hydrogens (tertiary/aromatic N) is 4. The number of hydrogen-bond acceptors (Lipinski definition) is 6. The van der Waals surface area contributed by atoms with E-state index in [-0.39, 0.29) is 12.6 Å². The lowest BCUT2D eigenvalue weighted by Crippen LogP contribution is -2.52. The van der Waals surface area contributed by atoms with Gasteiger partial charge in [-0.2, -0.15) is 0 Å². The van der Waals surface area contributed by atoms with E-state index in [1.807, 2.05) is 6.07 Å². The minimum atomic E-state index is 0.175. The molecule has 1 aromatic heterocycles. The van der Waals surface area contributed by atoms with Gasteiger partial charge in [0.2, 0.25) is 5.95 Å². The van der Waals surface area contributed by atoms with Crippen LogP contribution >= 0.6 is 0 Å². The molecule has 0 aliphatic carbocycles. The van der Waals surface area contributed by atoms with Crippen LogP contribution in [0.5, 0.6) is 0 Å². The molecule has 0 spiro atoms. The van der Waals surface area contributed by atoms with E-state index in [0.717, 1.165) is 51.6 Å². The Morgan fingerprint density at radius 2 is 1.95 bits per heavy atom. The number of piperazine rings is 1. The first-order valence-corrected chi connectivity index (χ1v) is 7.42. The van der Waals surface area contributed by atoms with E-state index < -0.39 is 0 Å². The van der Waals surface area contributed by atoms with E-state index in [4.69, 9.17) is 0 Å². The predicted octanol–water partition coefficient (Wildman–Crippen LogP) is -0.0409. The summed E-state index contributed by atoms with van der Waals surface area (Å²) >= 11 is 0. The molecule has 0 aromatic carbocycles. The standard InChI is InChI=1S/C14H25N5O/c1-2-4-15-13(12-20)11-18-7-9-19(10-8-18)14-16-5-3-6-17-14/h3,5-6,13,15,20H,2,4,7-12H2,1H3. The molecule has 1 aliphatic rings. The number of nitrogens with one attached hydrogen (secondary N) is 1. The summed E-state index contributed by atoms with van der Waals surface area (Å²) in [4.78, 5) is 13.2. The minimum Gasteiger partial charge on any atom is -0.395 e. The fourth-order valence-corrected chi connectivity index (χ4v) is 2.43. The van der Waals surface area contributed by atoms with Gasteiger partial charge in [0.15, 0.2) is 0 Å². The molecule has 1 atom stereocenters. The fraction of sp³-hybridized carbons (Fsp3) is 0.714. The molecule has 0 radical (unpaired) electrons. The molecule has 6 heteroatoms. The molecule has 6 nitrogen and oxygen atoms in total. The number of hydrogen-bond donors (Lipinski definition) is 2. The van der Waals surface area contributed by atoms with Crippen LogP contribution < -0.4 is 10.2 Å². The second-order valence-corrected chi connectivity index (χ2v) is 5.17. The minimum absolute atomic E-state index is 0.175. The Kier molecular flexibility index (Phi) is 6.17. The van der Waals surface area contributed by atoms with Crippen LogP contribution in [0, 0.1) is 0 Å². The number of rotatable bonds is 7. The Morgan fingerprint density at radius 3 is 2.55 bits per heavy atom. The van der Waals surface area contributed by atoms with Crippen molar-refractivity contribution >= 4 is 5.95 Å². The van der Waals surface area contributed by atoms with Gasteiger partial charge in [-0.1, -0.05) is 6.92 Å². The van der Waals surface area contributed by atoms with Gasteiger partial charge in [0, 0.05) is 51.2 Å². The van der Waals surface area contributed by atoms with Gasteiger partial charge in [0.1, 0.15) is 0 Å². The predicted molar refractivity (Wildman–Crippen MR) is 79.9 cm³/mol. The number of aromatic nitrogens is 2. The van der Waals surface area contributed by atoms with Crippen molar-refractivity contribution < 1.29 is 5.11 Å². The van der Waals surface area contributed by atoms with Crippen molar-refractivity contribution in [2.24, 2.45) is 0 Å². The molecule has 1 fully saturated rings. The average molecular weight is 279 g/mol. The van der Waals surface area contributed by atoms with Crippen molar-refractivity contribution in [2.75, 3.05) is 50.8 Å². The molecule has 2 rings (SSSR count). The van der Waals surface area contributed by atoms with E-state index in [1.54, 1.807) is 12.4 Å². The SMILES string of the molecule is CCCNC(CO)CN1CCN(c2ncccn2)CC1. The van der Waals surface area contributed by atoms with Gasteiger partial charge < -0.3 is 15.3 Å². The van der Waals surface area contributed by atoms with Crippen LogP contribution in [0.2, 0.25) is 0 Å². The maximum absolute atomic E-state index is 9.39. The van der Waals surface area contributed by atoms with Crippen LogP contribution in [0.4, 0.5) is 5.95 Å². The summed E-state index contributed by atoms with van der Waals surface area (Å²) < 4.78 is 0. The summed E-state index contributed by atoms with van der Waals surface area (Å²) in [6.45, 7) is 8.06. The molecule has 2 N–H and O–H groups in total. The van der Waals surface area contributed by atoms with Crippen molar-refractivity contribution in [3.8, 4) is 0 Å². The van der Waals surface area contributed by atoms with Crippen LogP contribution in [0.1, 0.15) is 13.3 Å². The third-order valence-electron chi connectivity index (χ3n) is 3.59. The molecule has 112 valence electrons. The highest BCUT2D eigenvalue weighted by Crippen LogP contribution is 2.09. The molecule has 0 amide bonds. The number of aliphatic hydroxyl groups excluding tert-OH is 1. The van der Waals surface area contributed by atoms with Crippen molar-refractivity contribution in [3.05, 3.63) is 18.5 Å². The van der Waals surface area contributed by atoms with Gasteiger partial charge in [-0.05, 0) is 19.0 Å². The normalized spacial score (nSPS) is 18.2. The van der Waals surface area contributed by atoms with E-state index in [0.29, 0.717) is 0 Å². The average Bonchev–Trinajstić information content (AvgIpc) is 2.53. The zero-order chi connectivity index (χ0) is 14.2. The lowest BCUT2D eigenvalue weighted by molar-refractivity contribution is 0.175. The van der Waals surface area contributed by atoms with Gasteiger partial charge in [0.05, 0.1) is 6.61 Å². The lowest BCUT2D eigenvalue weighted by atomic mass is 10.2. The number of anilines is 1. The summed E-state index contributed by atoms with van der Waals surface area (Å²) in [5.41, 5.74) is 0. The van der Waals surface area contributed by atoms with Crippen LogP contribution in [0.25, 0.3) is 0 Å². The van der Waals surface area contributed by atoms with Crippen LogP contribution in [-0.4, -0.2) is 71.9 Å². The summed E-state index contributed by atoms with van der Waals surface area (Å²) in [7, 11) is 0. The van der Waals surface area contributed by atoms with Gasteiger partial charge in [-0.3, -0.25) is 4.90 Å². The maximum atomic E-state index is 9.39. The van der Waals surface area contributed by atoms with E-state index in [1.165, 1.54) is 0 Å². The van der Waals surface area contributed by atoms with Gasteiger partial charge in [-0.15, -0.1) is 0 Å². The molecule has 0 bridgehead atoms. The van der Waals surface area contributed by atoms with Gasteiger partial charge in [0.25, 0.3) is 0 Å². The van der Waals surface area contributed by atoms with Crippen molar-refractivity contribution in [2.45, 2.75) is 19.4 Å². The first-order valence-electron chi connectivity index (χ1n) is 7.42. The third kappa shape index (κ3) is 4.40.